The van der Waals surface area contributed by atoms with Gasteiger partial charge in [0.25, 0.3) is 0 Å². The summed E-state index contributed by atoms with van der Waals surface area (Å²) in [6.07, 6.45) is -0.461. The molecule has 8 heteroatoms. The number of hydrogen-bond acceptors (Lipinski definition) is 5. The maximum absolute atomic E-state index is 14.7. The van der Waals surface area contributed by atoms with Crippen molar-refractivity contribution >= 4 is 21.8 Å². The number of halogens is 1. The molecular formula is C17H24FNO5S. The van der Waals surface area contributed by atoms with Crippen LogP contribution < -0.4 is 4.72 Å². The van der Waals surface area contributed by atoms with E-state index in [0.29, 0.717) is 0 Å². The van der Waals surface area contributed by atoms with Gasteiger partial charge >= 0.3 is 5.97 Å². The molecule has 0 aliphatic carbocycles. The molecule has 0 aromatic heterocycles. The third-order valence-electron chi connectivity index (χ3n) is 3.65. The summed E-state index contributed by atoms with van der Waals surface area (Å²) < 4.78 is 46.1. The maximum Gasteiger partial charge on any atom is 0.316 e. The summed E-state index contributed by atoms with van der Waals surface area (Å²) in [7, 11) is -3.89. The first-order chi connectivity index (χ1) is 11.5. The normalized spacial score (nSPS) is 15.2. The topological polar surface area (TPSA) is 89.5 Å². The van der Waals surface area contributed by atoms with E-state index in [1.54, 1.807) is 19.1 Å². The fourth-order valence-electron chi connectivity index (χ4n) is 2.18. The van der Waals surface area contributed by atoms with Crippen LogP contribution in [0.25, 0.3) is 0 Å². The van der Waals surface area contributed by atoms with Gasteiger partial charge in [0.2, 0.25) is 10.0 Å². The number of Topliss-reactive ketones (excluding diaryl/α,β-unsaturated/α-hetero) is 1. The molecule has 0 spiro atoms. The van der Waals surface area contributed by atoms with Crippen LogP contribution in [0.3, 0.4) is 0 Å². The van der Waals surface area contributed by atoms with Crippen molar-refractivity contribution in [3.05, 3.63) is 29.8 Å². The molecule has 1 rings (SSSR count). The molecule has 2 atom stereocenters. The predicted octanol–water partition coefficient (Wildman–Crippen LogP) is 2.16. The molecule has 0 saturated carbocycles. The van der Waals surface area contributed by atoms with Crippen molar-refractivity contribution in [3.8, 4) is 0 Å². The largest absolute Gasteiger partial charge is 0.465 e. The van der Waals surface area contributed by atoms with Crippen LogP contribution in [0, 0.1) is 12.8 Å². The van der Waals surface area contributed by atoms with E-state index in [9.17, 15) is 22.4 Å². The van der Waals surface area contributed by atoms with E-state index in [0.717, 1.165) is 12.5 Å². The zero-order valence-electron chi connectivity index (χ0n) is 14.8. The monoisotopic (exact) mass is 373 g/mol. The van der Waals surface area contributed by atoms with Crippen LogP contribution in [-0.4, -0.2) is 39.0 Å². The van der Waals surface area contributed by atoms with Gasteiger partial charge in [0.05, 0.1) is 11.5 Å². The fourth-order valence-corrected chi connectivity index (χ4v) is 3.33. The average molecular weight is 373 g/mol. The molecule has 1 N–H and O–H groups in total. The third-order valence-corrected chi connectivity index (χ3v) is 5.07. The van der Waals surface area contributed by atoms with E-state index in [1.165, 1.54) is 19.1 Å². The molecule has 6 nitrogen and oxygen atoms in total. The minimum absolute atomic E-state index is 0.0161. The van der Waals surface area contributed by atoms with Crippen molar-refractivity contribution in [2.45, 2.75) is 44.7 Å². The number of aryl methyl sites for hydroxylation is 1. The first kappa shape index (κ1) is 21.2. The standard InChI is InChI=1S/C17H24FNO5S/c1-5-24-16(21)15(13(3)20)10-17(4,18)11-19-25(22,23)14-8-6-12(2)7-9-14/h6-9,15,19H,5,10-11H2,1-4H3. The molecule has 0 bridgehead atoms. The highest BCUT2D eigenvalue weighted by atomic mass is 32.2. The molecule has 0 heterocycles. The van der Waals surface area contributed by atoms with Gasteiger partial charge in [-0.05, 0) is 39.8 Å². The molecule has 0 saturated heterocycles. The fraction of sp³-hybridized carbons (Fsp3) is 0.529. The molecule has 0 aliphatic rings. The van der Waals surface area contributed by atoms with Gasteiger partial charge in [0.15, 0.2) is 0 Å². The number of sulfonamides is 1. The van der Waals surface area contributed by atoms with Crippen molar-refractivity contribution in [2.75, 3.05) is 13.2 Å². The van der Waals surface area contributed by atoms with Crippen LogP contribution in [0.5, 0.6) is 0 Å². The minimum atomic E-state index is -3.89. The van der Waals surface area contributed by atoms with E-state index in [2.05, 4.69) is 4.72 Å². The summed E-state index contributed by atoms with van der Waals surface area (Å²) in [5.74, 6) is -2.59. The van der Waals surface area contributed by atoms with Crippen molar-refractivity contribution < 1.29 is 27.1 Å². The summed E-state index contributed by atoms with van der Waals surface area (Å²) in [6, 6.07) is 6.11. The van der Waals surface area contributed by atoms with Gasteiger partial charge in [0.1, 0.15) is 17.4 Å². The van der Waals surface area contributed by atoms with Crippen LogP contribution in [0.4, 0.5) is 4.39 Å². The maximum atomic E-state index is 14.7. The van der Waals surface area contributed by atoms with E-state index in [-0.39, 0.29) is 11.5 Å². The lowest BCUT2D eigenvalue weighted by Crippen LogP contribution is -2.41. The zero-order chi connectivity index (χ0) is 19.3. The number of esters is 1. The molecule has 0 radical (unpaired) electrons. The first-order valence-electron chi connectivity index (χ1n) is 7.91. The lowest BCUT2D eigenvalue weighted by Gasteiger charge is -2.24. The van der Waals surface area contributed by atoms with Crippen molar-refractivity contribution in [1.82, 2.24) is 4.72 Å². The van der Waals surface area contributed by atoms with Gasteiger partial charge in [-0.1, -0.05) is 17.7 Å². The highest BCUT2D eigenvalue weighted by Gasteiger charge is 2.36. The summed E-state index contributed by atoms with van der Waals surface area (Å²) in [4.78, 5) is 23.4. The number of hydrogen-bond donors (Lipinski definition) is 1. The number of alkyl halides is 1. The quantitative estimate of drug-likeness (QED) is 0.529. The van der Waals surface area contributed by atoms with E-state index in [1.807, 2.05) is 6.92 Å². The number of rotatable bonds is 9. The lowest BCUT2D eigenvalue weighted by molar-refractivity contribution is -0.152. The number of ether oxygens (including phenoxy) is 1. The van der Waals surface area contributed by atoms with Crippen LogP contribution in [0.1, 0.15) is 32.8 Å². The van der Waals surface area contributed by atoms with Gasteiger partial charge in [-0.15, -0.1) is 0 Å². The Morgan fingerprint density at radius 1 is 1.28 bits per heavy atom. The van der Waals surface area contributed by atoms with Crippen LogP contribution in [0.2, 0.25) is 0 Å². The Kier molecular flexibility index (Phi) is 7.25. The summed E-state index contributed by atoms with van der Waals surface area (Å²) in [5, 5.41) is 0. The number of carbonyl (C=O) groups excluding carboxylic acids is 2. The van der Waals surface area contributed by atoms with Crippen LogP contribution in [-0.2, 0) is 24.3 Å². The zero-order valence-corrected chi connectivity index (χ0v) is 15.7. The number of ketones is 1. The Morgan fingerprint density at radius 3 is 2.32 bits per heavy atom. The van der Waals surface area contributed by atoms with E-state index >= 15 is 0 Å². The van der Waals surface area contributed by atoms with Gasteiger partial charge in [-0.25, -0.2) is 17.5 Å². The number of nitrogens with one attached hydrogen (secondary N) is 1. The van der Waals surface area contributed by atoms with E-state index in [4.69, 9.17) is 4.74 Å². The summed E-state index contributed by atoms with van der Waals surface area (Å²) in [6.45, 7) is 5.23. The molecule has 25 heavy (non-hydrogen) atoms. The molecule has 1 aromatic rings. The number of carbonyl (C=O) groups is 2. The third kappa shape index (κ3) is 6.55. The average Bonchev–Trinajstić information content (AvgIpc) is 2.51. The smallest absolute Gasteiger partial charge is 0.316 e. The van der Waals surface area contributed by atoms with Crippen LogP contribution >= 0.6 is 0 Å². The number of benzene rings is 1. The van der Waals surface area contributed by atoms with Gasteiger partial charge in [0, 0.05) is 13.0 Å². The second-order valence-corrected chi connectivity index (χ2v) is 7.94. The van der Waals surface area contributed by atoms with E-state index < -0.39 is 46.3 Å². The van der Waals surface area contributed by atoms with Crippen molar-refractivity contribution in [1.29, 1.82) is 0 Å². The molecule has 1 aromatic carbocycles. The molecule has 0 aliphatic heterocycles. The Balaban J connectivity index is 2.80. The Morgan fingerprint density at radius 2 is 1.84 bits per heavy atom. The minimum Gasteiger partial charge on any atom is -0.465 e. The van der Waals surface area contributed by atoms with Gasteiger partial charge < -0.3 is 4.74 Å². The molecule has 140 valence electrons. The Labute approximate surface area is 147 Å². The molecule has 0 amide bonds. The SMILES string of the molecule is CCOC(=O)C(CC(C)(F)CNS(=O)(=O)c1ccc(C)cc1)C(C)=O. The summed E-state index contributed by atoms with van der Waals surface area (Å²) >= 11 is 0. The summed E-state index contributed by atoms with van der Waals surface area (Å²) in [5.41, 5.74) is -1.20. The second-order valence-electron chi connectivity index (χ2n) is 6.17. The van der Waals surface area contributed by atoms with Gasteiger partial charge in [-0.2, -0.15) is 0 Å². The van der Waals surface area contributed by atoms with Gasteiger partial charge in [-0.3, -0.25) is 9.59 Å². The first-order valence-corrected chi connectivity index (χ1v) is 9.39. The van der Waals surface area contributed by atoms with Crippen molar-refractivity contribution in [3.63, 3.8) is 0 Å². The highest BCUT2D eigenvalue weighted by Crippen LogP contribution is 2.23. The van der Waals surface area contributed by atoms with Crippen LogP contribution in [0.15, 0.2) is 29.2 Å². The second kappa shape index (κ2) is 8.53. The predicted molar refractivity (Wildman–Crippen MR) is 91.3 cm³/mol. The molecular weight excluding hydrogens is 349 g/mol. The Bertz CT molecular complexity index is 713. The van der Waals surface area contributed by atoms with Crippen molar-refractivity contribution in [2.24, 2.45) is 5.92 Å². The molecule has 0 fully saturated rings. The lowest BCUT2D eigenvalue weighted by atomic mass is 9.91. The molecule has 2 unspecified atom stereocenters. The Hall–Kier alpha value is -1.80. The highest BCUT2D eigenvalue weighted by molar-refractivity contribution is 7.89.